The Morgan fingerprint density at radius 3 is 2.18 bits per heavy atom. The Morgan fingerprint density at radius 1 is 1.45 bits per heavy atom. The van der Waals surface area contributed by atoms with Gasteiger partial charge in [0.15, 0.2) is 0 Å². The van der Waals surface area contributed by atoms with Gasteiger partial charge in [-0.2, -0.15) is 4.40 Å². The van der Waals surface area contributed by atoms with E-state index >= 15 is 0 Å². The Morgan fingerprint density at radius 2 is 1.91 bits per heavy atom. The molecule has 0 spiro atoms. The van der Waals surface area contributed by atoms with Gasteiger partial charge >= 0.3 is 0 Å². The summed E-state index contributed by atoms with van der Waals surface area (Å²) in [7, 11) is -1.08. The van der Waals surface area contributed by atoms with Gasteiger partial charge in [0.25, 0.3) is 0 Å². The molecule has 0 aliphatic rings. The third-order valence-electron chi connectivity index (χ3n) is 1.27. The van der Waals surface area contributed by atoms with Crippen LogP contribution in [0.1, 0.15) is 41.0 Å². The van der Waals surface area contributed by atoms with Crippen molar-refractivity contribution in [1.82, 2.24) is 0 Å². The summed E-state index contributed by atoms with van der Waals surface area (Å²) < 4.78 is 15.2. The predicted octanol–water partition coefficient (Wildman–Crippen LogP) is 2.32. The van der Waals surface area contributed by atoms with Crippen LogP contribution in [0.5, 0.6) is 0 Å². The zero-order chi connectivity index (χ0) is 9.07. The summed E-state index contributed by atoms with van der Waals surface area (Å²) in [5.41, 5.74) is 0.957. The molecule has 0 aromatic rings. The highest BCUT2D eigenvalue weighted by Crippen LogP contribution is 2.12. The van der Waals surface area contributed by atoms with E-state index in [1.54, 1.807) is 0 Å². The third kappa shape index (κ3) is 4.30. The second-order valence-corrected chi connectivity index (χ2v) is 5.45. The number of rotatable bonds is 2. The van der Waals surface area contributed by atoms with Crippen LogP contribution in [0.3, 0.4) is 0 Å². The van der Waals surface area contributed by atoms with Gasteiger partial charge in [0.05, 0.1) is 4.75 Å². The molecule has 0 aromatic carbocycles. The van der Waals surface area contributed by atoms with Crippen molar-refractivity contribution in [3.8, 4) is 0 Å². The van der Waals surface area contributed by atoms with Crippen LogP contribution in [0, 0.1) is 0 Å². The SMILES string of the molecule is CC/C(C)=N/[S@@](=O)C(C)(C)C. The van der Waals surface area contributed by atoms with Crippen LogP contribution < -0.4 is 0 Å². The lowest BCUT2D eigenvalue weighted by Gasteiger charge is -2.13. The Labute approximate surface area is 71.7 Å². The Kier molecular flexibility index (Phi) is 3.93. The molecule has 0 unspecified atom stereocenters. The normalized spacial score (nSPS) is 16.6. The number of hydrogen-bond donors (Lipinski definition) is 0. The zero-order valence-electron chi connectivity index (χ0n) is 7.97. The molecule has 3 heteroatoms. The lowest BCUT2D eigenvalue weighted by molar-refractivity contribution is 0.650. The second-order valence-electron chi connectivity index (χ2n) is 3.54. The van der Waals surface area contributed by atoms with Crippen molar-refractivity contribution < 1.29 is 4.21 Å². The second kappa shape index (κ2) is 4.00. The minimum absolute atomic E-state index is 0.226. The highest BCUT2D eigenvalue weighted by molar-refractivity contribution is 7.85. The first-order chi connectivity index (χ1) is 4.88. The fraction of sp³-hybridized carbons (Fsp3) is 0.875. The van der Waals surface area contributed by atoms with Crippen molar-refractivity contribution in [2.75, 3.05) is 0 Å². The highest BCUT2D eigenvalue weighted by Gasteiger charge is 2.18. The van der Waals surface area contributed by atoms with Crippen molar-refractivity contribution in [2.45, 2.75) is 45.8 Å². The topological polar surface area (TPSA) is 29.4 Å². The van der Waals surface area contributed by atoms with Gasteiger partial charge in [-0.15, -0.1) is 0 Å². The Hall–Kier alpha value is -0.180. The number of nitrogens with zero attached hydrogens (tertiary/aromatic N) is 1. The van der Waals surface area contributed by atoms with Crippen LogP contribution in [0.15, 0.2) is 4.40 Å². The Balaban J connectivity index is 4.30. The van der Waals surface area contributed by atoms with Crippen LogP contribution in [0.25, 0.3) is 0 Å². The van der Waals surface area contributed by atoms with Gasteiger partial charge in [-0.25, -0.2) is 4.21 Å². The summed E-state index contributed by atoms with van der Waals surface area (Å²) >= 11 is 0. The molecule has 0 rings (SSSR count). The van der Waals surface area contributed by atoms with Crippen molar-refractivity contribution in [3.05, 3.63) is 0 Å². The predicted molar refractivity (Wildman–Crippen MR) is 51.3 cm³/mol. The molecule has 1 atom stereocenters. The first kappa shape index (κ1) is 10.8. The summed E-state index contributed by atoms with van der Waals surface area (Å²) in [6.07, 6.45) is 0.877. The van der Waals surface area contributed by atoms with E-state index in [1.165, 1.54) is 0 Å². The quantitative estimate of drug-likeness (QED) is 0.592. The molecule has 0 aromatic heterocycles. The summed E-state index contributed by atoms with van der Waals surface area (Å²) in [5.74, 6) is 0. The van der Waals surface area contributed by atoms with Gasteiger partial charge in [-0.1, -0.05) is 6.92 Å². The maximum atomic E-state index is 11.4. The molecule has 0 heterocycles. The molecule has 0 fully saturated rings. The van der Waals surface area contributed by atoms with Crippen LogP contribution >= 0.6 is 0 Å². The molecule has 0 aliphatic carbocycles. The van der Waals surface area contributed by atoms with E-state index in [0.29, 0.717) is 0 Å². The highest BCUT2D eigenvalue weighted by atomic mass is 32.2. The lowest BCUT2D eigenvalue weighted by atomic mass is 10.3. The van der Waals surface area contributed by atoms with Crippen molar-refractivity contribution >= 4 is 16.7 Å². The fourth-order valence-electron chi connectivity index (χ4n) is 0.343. The molecule has 0 N–H and O–H groups in total. The molecule has 0 amide bonds. The molecular formula is C8H17NOS. The van der Waals surface area contributed by atoms with Crippen LogP contribution in [0.4, 0.5) is 0 Å². The van der Waals surface area contributed by atoms with Crippen molar-refractivity contribution in [2.24, 2.45) is 4.40 Å². The largest absolute Gasteiger partial charge is 0.234 e. The molecule has 0 saturated carbocycles. The lowest BCUT2D eigenvalue weighted by Crippen LogP contribution is -2.20. The average molecular weight is 175 g/mol. The molecule has 11 heavy (non-hydrogen) atoms. The molecule has 0 radical (unpaired) electrons. The van der Waals surface area contributed by atoms with Gasteiger partial charge in [-0.3, -0.25) is 0 Å². The first-order valence-corrected chi connectivity index (χ1v) is 4.94. The minimum atomic E-state index is -1.08. The van der Waals surface area contributed by atoms with Gasteiger partial charge in [0.1, 0.15) is 11.0 Å². The smallest absolute Gasteiger partial charge is 0.144 e. The summed E-state index contributed by atoms with van der Waals surface area (Å²) in [6, 6.07) is 0. The average Bonchev–Trinajstić information content (AvgIpc) is 1.85. The third-order valence-corrected chi connectivity index (χ3v) is 2.80. The van der Waals surface area contributed by atoms with Gasteiger partial charge in [0.2, 0.25) is 0 Å². The van der Waals surface area contributed by atoms with Crippen molar-refractivity contribution in [3.63, 3.8) is 0 Å². The van der Waals surface area contributed by atoms with E-state index in [0.717, 1.165) is 12.1 Å². The maximum Gasteiger partial charge on any atom is 0.144 e. The van der Waals surface area contributed by atoms with Crippen LogP contribution in [-0.2, 0) is 11.0 Å². The first-order valence-electron chi connectivity index (χ1n) is 3.84. The number of hydrogen-bond acceptors (Lipinski definition) is 1. The van der Waals surface area contributed by atoms with Crippen LogP contribution in [-0.4, -0.2) is 14.7 Å². The van der Waals surface area contributed by atoms with E-state index < -0.39 is 11.0 Å². The van der Waals surface area contributed by atoms with Gasteiger partial charge < -0.3 is 0 Å². The molecule has 66 valence electrons. The van der Waals surface area contributed by atoms with Gasteiger partial charge in [-0.05, 0) is 34.1 Å². The molecule has 0 saturated heterocycles. The minimum Gasteiger partial charge on any atom is -0.234 e. The zero-order valence-corrected chi connectivity index (χ0v) is 8.79. The van der Waals surface area contributed by atoms with E-state index in [4.69, 9.17) is 0 Å². The van der Waals surface area contributed by atoms with E-state index in [1.807, 2.05) is 34.6 Å². The molecule has 2 nitrogen and oxygen atoms in total. The maximum absolute atomic E-state index is 11.4. The summed E-state index contributed by atoms with van der Waals surface area (Å²) in [5, 5.41) is 0. The molecule has 0 aliphatic heterocycles. The summed E-state index contributed by atoms with van der Waals surface area (Å²) in [6.45, 7) is 9.70. The van der Waals surface area contributed by atoms with Crippen LogP contribution in [0.2, 0.25) is 0 Å². The van der Waals surface area contributed by atoms with Gasteiger partial charge in [0, 0.05) is 5.71 Å². The van der Waals surface area contributed by atoms with Crippen molar-refractivity contribution in [1.29, 1.82) is 0 Å². The monoisotopic (exact) mass is 175 g/mol. The molecule has 0 bridgehead atoms. The van der Waals surface area contributed by atoms with E-state index in [2.05, 4.69) is 4.40 Å². The summed E-state index contributed by atoms with van der Waals surface area (Å²) in [4.78, 5) is 0. The standard InChI is InChI=1S/C8H17NOS/c1-6-7(2)9-11(10)8(3,4)5/h6H2,1-5H3/b9-7+/t11-/m0/s1. The fourth-order valence-corrected chi connectivity index (χ4v) is 1.03. The van der Waals surface area contributed by atoms with E-state index in [-0.39, 0.29) is 4.75 Å². The molecular weight excluding hydrogens is 158 g/mol. The van der Waals surface area contributed by atoms with E-state index in [9.17, 15) is 4.21 Å². The Bertz CT molecular complexity index is 179.